The molecule has 0 spiro atoms. The maximum absolute atomic E-state index is 12.5. The fraction of sp³-hybridized carbons (Fsp3) is 0.979. The third-order valence-corrected chi connectivity index (χ3v) is 11.7. The molecule has 0 bridgehead atoms. The molecule has 3 unspecified atom stereocenters. The first-order chi connectivity index (χ1) is 26.1. The quantitative estimate of drug-likeness (QED) is 0.0466. The molecule has 0 fully saturated rings. The summed E-state index contributed by atoms with van der Waals surface area (Å²) >= 11 is 0. The van der Waals surface area contributed by atoms with E-state index in [2.05, 4.69) is 19.2 Å². The Balaban J connectivity index is 3.53. The van der Waals surface area contributed by atoms with Gasteiger partial charge in [0.15, 0.2) is 0 Å². The van der Waals surface area contributed by atoms with Gasteiger partial charge < -0.3 is 20.6 Å². The van der Waals surface area contributed by atoms with Crippen LogP contribution in [0.25, 0.3) is 0 Å². The average molecular weight is 752 g/mol. The monoisotopic (exact) mass is 752 g/mol. The smallest absolute Gasteiger partial charge is 0.220 e. The predicted molar refractivity (Wildman–Crippen MR) is 232 cm³/mol. The lowest BCUT2D eigenvalue weighted by atomic mass is 9.99. The number of nitrogens with one attached hydrogen (secondary N) is 1. The topological polar surface area (TPSA) is 89.8 Å². The molecular formula is C48H97NO4. The van der Waals surface area contributed by atoms with Crippen LogP contribution < -0.4 is 5.32 Å². The van der Waals surface area contributed by atoms with E-state index < -0.39 is 18.2 Å². The average Bonchev–Trinajstić information content (AvgIpc) is 3.16. The van der Waals surface area contributed by atoms with Gasteiger partial charge in [-0.25, -0.2) is 0 Å². The van der Waals surface area contributed by atoms with Gasteiger partial charge in [-0.05, 0) is 12.8 Å². The zero-order chi connectivity index (χ0) is 38.7. The number of aliphatic hydroxyl groups is 3. The molecule has 0 aromatic carbocycles. The minimum Gasteiger partial charge on any atom is -0.394 e. The van der Waals surface area contributed by atoms with Gasteiger partial charge in [-0.3, -0.25) is 4.79 Å². The van der Waals surface area contributed by atoms with Crippen molar-refractivity contribution < 1.29 is 20.1 Å². The largest absolute Gasteiger partial charge is 0.394 e. The van der Waals surface area contributed by atoms with Crippen LogP contribution in [0.15, 0.2) is 0 Å². The zero-order valence-corrected chi connectivity index (χ0v) is 36.2. The molecule has 0 radical (unpaired) electrons. The molecular weight excluding hydrogens is 655 g/mol. The first kappa shape index (κ1) is 52.3. The summed E-state index contributed by atoms with van der Waals surface area (Å²) in [4.78, 5) is 12.5. The second-order valence-electron chi connectivity index (χ2n) is 17.0. The van der Waals surface area contributed by atoms with Crippen LogP contribution in [0.1, 0.15) is 277 Å². The van der Waals surface area contributed by atoms with Crippen LogP contribution in [0.5, 0.6) is 0 Å². The van der Waals surface area contributed by atoms with Crippen LogP contribution in [-0.2, 0) is 4.79 Å². The maximum atomic E-state index is 12.5. The van der Waals surface area contributed by atoms with E-state index in [-0.39, 0.29) is 12.5 Å². The van der Waals surface area contributed by atoms with E-state index in [4.69, 9.17) is 0 Å². The second-order valence-corrected chi connectivity index (χ2v) is 17.0. The van der Waals surface area contributed by atoms with E-state index >= 15 is 0 Å². The number of unbranched alkanes of at least 4 members (excludes halogenated alkanes) is 37. The zero-order valence-electron chi connectivity index (χ0n) is 36.2. The van der Waals surface area contributed by atoms with Crippen LogP contribution >= 0.6 is 0 Å². The van der Waals surface area contributed by atoms with Crippen molar-refractivity contribution in [3.63, 3.8) is 0 Å². The number of hydrogen-bond acceptors (Lipinski definition) is 4. The highest BCUT2D eigenvalue weighted by Crippen LogP contribution is 2.18. The minimum absolute atomic E-state index is 0.138. The summed E-state index contributed by atoms with van der Waals surface area (Å²) in [7, 11) is 0. The van der Waals surface area contributed by atoms with Crippen molar-refractivity contribution in [3.05, 3.63) is 0 Å². The van der Waals surface area contributed by atoms with Gasteiger partial charge in [0.2, 0.25) is 5.91 Å². The third kappa shape index (κ3) is 39.4. The van der Waals surface area contributed by atoms with Crippen LogP contribution in [0.4, 0.5) is 0 Å². The van der Waals surface area contributed by atoms with Gasteiger partial charge in [-0.1, -0.05) is 258 Å². The number of rotatable bonds is 45. The van der Waals surface area contributed by atoms with Gasteiger partial charge in [0, 0.05) is 6.42 Å². The standard InChI is InChI=1S/C48H97NO4/c1-3-5-7-9-11-13-15-17-19-21-22-23-24-25-26-27-29-31-33-35-37-39-41-43-47(52)49-45(44-50)48(53)46(51)42-40-38-36-34-32-30-28-20-18-16-14-12-10-8-6-4-2/h45-46,48,50-51,53H,3-44H2,1-2H3,(H,49,52). The van der Waals surface area contributed by atoms with Crippen LogP contribution in [0.3, 0.4) is 0 Å². The third-order valence-electron chi connectivity index (χ3n) is 11.7. The van der Waals surface area contributed by atoms with Crippen molar-refractivity contribution in [2.45, 2.75) is 295 Å². The summed E-state index contributed by atoms with van der Waals surface area (Å²) in [5, 5.41) is 33.6. The molecule has 3 atom stereocenters. The van der Waals surface area contributed by atoms with Crippen molar-refractivity contribution in [1.82, 2.24) is 5.32 Å². The van der Waals surface area contributed by atoms with E-state index in [1.165, 1.54) is 218 Å². The van der Waals surface area contributed by atoms with Crippen LogP contribution in [0.2, 0.25) is 0 Å². The first-order valence-corrected chi connectivity index (χ1v) is 24.3. The molecule has 0 saturated heterocycles. The van der Waals surface area contributed by atoms with Crippen LogP contribution in [-0.4, -0.2) is 46.1 Å². The summed E-state index contributed by atoms with van der Waals surface area (Å²) in [5.74, 6) is -0.138. The van der Waals surface area contributed by atoms with E-state index in [9.17, 15) is 20.1 Å². The Bertz CT molecular complexity index is 703. The Morgan fingerprint density at radius 1 is 0.396 bits per heavy atom. The Labute approximate surface area is 332 Å². The molecule has 318 valence electrons. The van der Waals surface area contributed by atoms with E-state index in [1.54, 1.807) is 0 Å². The molecule has 0 aliphatic rings. The van der Waals surface area contributed by atoms with E-state index in [1.807, 2.05) is 0 Å². The number of carbonyl (C=O) groups is 1. The highest BCUT2D eigenvalue weighted by atomic mass is 16.3. The molecule has 53 heavy (non-hydrogen) atoms. The molecule has 0 aliphatic carbocycles. The van der Waals surface area contributed by atoms with Crippen molar-refractivity contribution >= 4 is 5.91 Å². The molecule has 0 aromatic rings. The van der Waals surface area contributed by atoms with Gasteiger partial charge in [-0.2, -0.15) is 0 Å². The second kappa shape index (κ2) is 44.1. The molecule has 5 nitrogen and oxygen atoms in total. The van der Waals surface area contributed by atoms with Gasteiger partial charge >= 0.3 is 0 Å². The predicted octanol–water partition coefficient (Wildman–Crippen LogP) is 14.2. The van der Waals surface area contributed by atoms with Crippen molar-refractivity contribution in [1.29, 1.82) is 0 Å². The fourth-order valence-electron chi connectivity index (χ4n) is 7.93. The fourth-order valence-corrected chi connectivity index (χ4v) is 7.93. The Morgan fingerprint density at radius 2 is 0.642 bits per heavy atom. The maximum Gasteiger partial charge on any atom is 0.220 e. The number of carbonyl (C=O) groups excluding carboxylic acids is 1. The lowest BCUT2D eigenvalue weighted by molar-refractivity contribution is -0.124. The van der Waals surface area contributed by atoms with E-state index in [0.29, 0.717) is 12.8 Å². The molecule has 0 heterocycles. The number of hydrogen-bond donors (Lipinski definition) is 4. The Morgan fingerprint density at radius 3 is 0.906 bits per heavy atom. The van der Waals surface area contributed by atoms with Gasteiger partial charge in [-0.15, -0.1) is 0 Å². The Hall–Kier alpha value is -0.650. The lowest BCUT2D eigenvalue weighted by Gasteiger charge is -2.26. The summed E-state index contributed by atoms with van der Waals surface area (Å²) in [6, 6.07) is -0.803. The number of aliphatic hydroxyl groups excluding tert-OH is 3. The van der Waals surface area contributed by atoms with Crippen molar-refractivity contribution in [3.8, 4) is 0 Å². The first-order valence-electron chi connectivity index (χ1n) is 24.3. The van der Waals surface area contributed by atoms with Crippen molar-refractivity contribution in [2.24, 2.45) is 0 Å². The molecule has 4 N–H and O–H groups in total. The molecule has 5 heteroatoms. The Kier molecular flexibility index (Phi) is 43.5. The summed E-state index contributed by atoms with van der Waals surface area (Å²) < 4.78 is 0. The SMILES string of the molecule is CCCCCCCCCCCCCCCCCCCCCCCCCC(=O)NC(CO)C(O)C(O)CCCCCCCCCCCCCCCCCC. The highest BCUT2D eigenvalue weighted by Gasteiger charge is 2.26. The van der Waals surface area contributed by atoms with Gasteiger partial charge in [0.05, 0.1) is 18.8 Å². The van der Waals surface area contributed by atoms with Gasteiger partial charge in [0.1, 0.15) is 6.10 Å². The van der Waals surface area contributed by atoms with Crippen LogP contribution in [0, 0.1) is 0 Å². The molecule has 0 aromatic heterocycles. The molecule has 1 amide bonds. The summed E-state index contributed by atoms with van der Waals surface area (Å²) in [6.07, 6.45) is 50.8. The number of amides is 1. The normalized spacial score (nSPS) is 13.4. The summed E-state index contributed by atoms with van der Waals surface area (Å²) in [5.41, 5.74) is 0. The molecule has 0 rings (SSSR count). The highest BCUT2D eigenvalue weighted by molar-refractivity contribution is 5.76. The lowest BCUT2D eigenvalue weighted by Crippen LogP contribution is -2.50. The van der Waals surface area contributed by atoms with E-state index in [0.717, 1.165) is 32.1 Å². The summed E-state index contributed by atoms with van der Waals surface area (Å²) in [6.45, 7) is 4.21. The van der Waals surface area contributed by atoms with Crippen molar-refractivity contribution in [2.75, 3.05) is 6.61 Å². The van der Waals surface area contributed by atoms with Gasteiger partial charge in [0.25, 0.3) is 0 Å². The molecule has 0 aliphatic heterocycles. The molecule has 0 saturated carbocycles. The minimum atomic E-state index is -1.13.